The number of nitrogens with zero attached hydrogens (tertiary/aromatic N) is 4. The van der Waals surface area contributed by atoms with E-state index in [1.165, 1.54) is 10.7 Å². The molecule has 0 aromatic carbocycles. The van der Waals surface area contributed by atoms with Crippen LogP contribution < -0.4 is 5.56 Å². The molecule has 3 rings (SSSR count). The van der Waals surface area contributed by atoms with E-state index in [2.05, 4.69) is 15.2 Å². The Balaban J connectivity index is 1.79. The van der Waals surface area contributed by atoms with Crippen molar-refractivity contribution in [3.05, 3.63) is 39.9 Å². The number of aromatic nitrogens is 4. The average molecular weight is 262 g/mol. The molecule has 0 unspecified atom stereocenters. The molecule has 0 aliphatic carbocycles. The Morgan fingerprint density at radius 3 is 3.16 bits per heavy atom. The summed E-state index contributed by atoms with van der Waals surface area (Å²) in [7, 11) is 0. The standard InChI is InChI=1S/C12H14N4O3/c1-8-2-3-11(17)16(14-8)6-10-13-12(15-19-10)9-4-5-18-7-9/h2-3,9H,4-7H2,1H3/t9-/m0/s1. The van der Waals surface area contributed by atoms with E-state index < -0.39 is 0 Å². The van der Waals surface area contributed by atoms with Crippen molar-refractivity contribution in [1.29, 1.82) is 0 Å². The molecule has 2 aromatic rings. The lowest BCUT2D eigenvalue weighted by Gasteiger charge is -2.01. The highest BCUT2D eigenvalue weighted by Crippen LogP contribution is 2.22. The number of aryl methyl sites for hydroxylation is 1. The van der Waals surface area contributed by atoms with E-state index in [1.54, 1.807) is 6.07 Å². The minimum absolute atomic E-state index is 0.186. The Morgan fingerprint density at radius 2 is 2.37 bits per heavy atom. The van der Waals surface area contributed by atoms with Crippen molar-refractivity contribution in [1.82, 2.24) is 19.9 Å². The van der Waals surface area contributed by atoms with Crippen molar-refractivity contribution in [3.63, 3.8) is 0 Å². The van der Waals surface area contributed by atoms with E-state index >= 15 is 0 Å². The van der Waals surface area contributed by atoms with Crippen LogP contribution in [-0.2, 0) is 11.3 Å². The molecule has 1 saturated heterocycles. The van der Waals surface area contributed by atoms with Crippen LogP contribution in [0.4, 0.5) is 0 Å². The fourth-order valence-electron chi connectivity index (χ4n) is 2.03. The fourth-order valence-corrected chi connectivity index (χ4v) is 2.03. The summed E-state index contributed by atoms with van der Waals surface area (Å²) in [4.78, 5) is 15.9. The van der Waals surface area contributed by atoms with Gasteiger partial charge in [-0.1, -0.05) is 5.16 Å². The summed E-state index contributed by atoms with van der Waals surface area (Å²) >= 11 is 0. The highest BCUT2D eigenvalue weighted by molar-refractivity contribution is 5.00. The fraction of sp³-hybridized carbons (Fsp3) is 0.500. The molecule has 0 amide bonds. The quantitative estimate of drug-likeness (QED) is 0.800. The molecular formula is C12H14N4O3. The summed E-state index contributed by atoms with van der Waals surface area (Å²) in [6, 6.07) is 3.15. The molecule has 0 saturated carbocycles. The van der Waals surface area contributed by atoms with Crippen LogP contribution in [0.3, 0.4) is 0 Å². The number of rotatable bonds is 3. The molecule has 0 N–H and O–H groups in total. The largest absolute Gasteiger partial charge is 0.381 e. The molecule has 100 valence electrons. The van der Waals surface area contributed by atoms with Crippen LogP contribution in [0.5, 0.6) is 0 Å². The molecule has 2 aromatic heterocycles. The van der Waals surface area contributed by atoms with Gasteiger partial charge in [0.1, 0.15) is 6.54 Å². The van der Waals surface area contributed by atoms with Crippen LogP contribution in [0, 0.1) is 6.92 Å². The lowest BCUT2D eigenvalue weighted by molar-refractivity contribution is 0.192. The van der Waals surface area contributed by atoms with E-state index in [4.69, 9.17) is 9.26 Å². The van der Waals surface area contributed by atoms with Gasteiger partial charge in [-0.05, 0) is 19.4 Å². The predicted octanol–water partition coefficient (Wildman–Crippen LogP) is 0.487. The second-order valence-corrected chi connectivity index (χ2v) is 4.58. The van der Waals surface area contributed by atoms with Crippen molar-refractivity contribution < 1.29 is 9.26 Å². The van der Waals surface area contributed by atoms with Crippen molar-refractivity contribution >= 4 is 0 Å². The topological polar surface area (TPSA) is 83.0 Å². The second kappa shape index (κ2) is 4.93. The zero-order chi connectivity index (χ0) is 13.2. The van der Waals surface area contributed by atoms with Crippen LogP contribution in [0.1, 0.15) is 29.7 Å². The van der Waals surface area contributed by atoms with E-state index in [0.29, 0.717) is 18.3 Å². The number of hydrogen-bond donors (Lipinski definition) is 0. The Morgan fingerprint density at radius 1 is 1.47 bits per heavy atom. The molecule has 0 bridgehead atoms. The normalized spacial score (nSPS) is 18.9. The van der Waals surface area contributed by atoms with Crippen LogP contribution in [0.2, 0.25) is 0 Å². The lowest BCUT2D eigenvalue weighted by Crippen LogP contribution is -2.23. The summed E-state index contributed by atoms with van der Waals surface area (Å²) in [5, 5.41) is 8.06. The Kier molecular flexibility index (Phi) is 3.12. The third kappa shape index (κ3) is 2.55. The first-order valence-corrected chi connectivity index (χ1v) is 6.17. The van der Waals surface area contributed by atoms with E-state index in [9.17, 15) is 4.79 Å². The summed E-state index contributed by atoms with van der Waals surface area (Å²) in [6.07, 6.45) is 0.904. The third-order valence-corrected chi connectivity index (χ3v) is 3.06. The SMILES string of the molecule is Cc1ccc(=O)n(Cc2nc([C@H]3CCOC3)no2)n1. The summed E-state index contributed by atoms with van der Waals surface area (Å²) < 4.78 is 11.8. The summed E-state index contributed by atoms with van der Waals surface area (Å²) in [6.45, 7) is 3.38. The number of hydrogen-bond acceptors (Lipinski definition) is 6. The maximum absolute atomic E-state index is 11.6. The summed E-state index contributed by atoms with van der Waals surface area (Å²) in [5.74, 6) is 1.23. The molecule has 0 radical (unpaired) electrons. The van der Waals surface area contributed by atoms with Gasteiger partial charge in [-0.3, -0.25) is 4.79 Å². The van der Waals surface area contributed by atoms with Gasteiger partial charge in [-0.15, -0.1) is 0 Å². The van der Waals surface area contributed by atoms with Crippen LogP contribution in [0.15, 0.2) is 21.5 Å². The number of ether oxygens (including phenoxy) is 1. The molecule has 3 heterocycles. The predicted molar refractivity (Wildman–Crippen MR) is 64.8 cm³/mol. The first-order chi connectivity index (χ1) is 9.22. The van der Waals surface area contributed by atoms with Gasteiger partial charge in [0.25, 0.3) is 5.56 Å². The van der Waals surface area contributed by atoms with Crippen LogP contribution in [-0.4, -0.2) is 33.1 Å². The average Bonchev–Trinajstić information content (AvgIpc) is 3.04. The maximum atomic E-state index is 11.6. The smallest absolute Gasteiger partial charge is 0.267 e. The minimum atomic E-state index is -0.186. The molecule has 1 atom stereocenters. The van der Waals surface area contributed by atoms with Gasteiger partial charge in [-0.2, -0.15) is 10.1 Å². The minimum Gasteiger partial charge on any atom is -0.381 e. The van der Waals surface area contributed by atoms with Crippen LogP contribution in [0.25, 0.3) is 0 Å². The van der Waals surface area contributed by atoms with Gasteiger partial charge in [-0.25, -0.2) is 4.68 Å². The zero-order valence-electron chi connectivity index (χ0n) is 10.6. The molecule has 19 heavy (non-hydrogen) atoms. The van der Waals surface area contributed by atoms with Crippen molar-refractivity contribution in [2.75, 3.05) is 13.2 Å². The highest BCUT2D eigenvalue weighted by atomic mass is 16.5. The third-order valence-electron chi connectivity index (χ3n) is 3.06. The summed E-state index contributed by atoms with van der Waals surface area (Å²) in [5.41, 5.74) is 0.582. The monoisotopic (exact) mass is 262 g/mol. The first-order valence-electron chi connectivity index (χ1n) is 6.17. The van der Waals surface area contributed by atoms with Crippen molar-refractivity contribution in [3.8, 4) is 0 Å². The van der Waals surface area contributed by atoms with E-state index in [-0.39, 0.29) is 18.0 Å². The molecule has 7 nitrogen and oxygen atoms in total. The van der Waals surface area contributed by atoms with Crippen LogP contribution >= 0.6 is 0 Å². The van der Waals surface area contributed by atoms with Gasteiger partial charge >= 0.3 is 0 Å². The van der Waals surface area contributed by atoms with Gasteiger partial charge in [0, 0.05) is 18.6 Å². The van der Waals surface area contributed by atoms with Gasteiger partial charge in [0.05, 0.1) is 12.3 Å². The Labute approximate surface area is 109 Å². The Bertz CT molecular complexity index is 628. The molecule has 7 heteroatoms. The highest BCUT2D eigenvalue weighted by Gasteiger charge is 2.23. The molecule has 1 fully saturated rings. The van der Waals surface area contributed by atoms with E-state index in [0.717, 1.165) is 18.7 Å². The van der Waals surface area contributed by atoms with E-state index in [1.807, 2.05) is 6.92 Å². The lowest BCUT2D eigenvalue weighted by atomic mass is 10.1. The molecule has 1 aliphatic rings. The molecule has 0 spiro atoms. The van der Waals surface area contributed by atoms with Crippen molar-refractivity contribution in [2.24, 2.45) is 0 Å². The van der Waals surface area contributed by atoms with Gasteiger partial charge in [0.2, 0.25) is 5.89 Å². The first kappa shape index (κ1) is 12.0. The second-order valence-electron chi connectivity index (χ2n) is 4.58. The zero-order valence-corrected chi connectivity index (χ0v) is 10.6. The Hall–Kier alpha value is -2.02. The van der Waals surface area contributed by atoms with Crippen molar-refractivity contribution in [2.45, 2.75) is 25.8 Å². The molecular weight excluding hydrogens is 248 g/mol. The van der Waals surface area contributed by atoms with Gasteiger partial charge in [0.15, 0.2) is 5.82 Å². The van der Waals surface area contributed by atoms with Gasteiger partial charge < -0.3 is 9.26 Å². The molecule has 1 aliphatic heterocycles. The maximum Gasteiger partial charge on any atom is 0.267 e.